The summed E-state index contributed by atoms with van der Waals surface area (Å²) in [7, 11) is 0. The van der Waals surface area contributed by atoms with Crippen molar-refractivity contribution in [2.24, 2.45) is 5.92 Å². The van der Waals surface area contributed by atoms with Crippen LogP contribution in [0.15, 0.2) is 6.07 Å². The van der Waals surface area contributed by atoms with Crippen LogP contribution in [0.4, 0.5) is 0 Å². The predicted octanol–water partition coefficient (Wildman–Crippen LogP) is 2.67. The van der Waals surface area contributed by atoms with E-state index in [1.807, 2.05) is 27.7 Å². The van der Waals surface area contributed by atoms with Crippen molar-refractivity contribution in [3.05, 3.63) is 28.6 Å². The highest BCUT2D eigenvalue weighted by atomic mass is 16.3. The highest BCUT2D eigenvalue weighted by molar-refractivity contribution is 5.33. The van der Waals surface area contributed by atoms with Crippen molar-refractivity contribution in [3.63, 3.8) is 0 Å². The SMILES string of the molecule is Cc1cc(C)c(C(C)NCC(O)C(C)C)c(C)n1. The fourth-order valence-electron chi connectivity index (χ4n) is 2.32. The third-order valence-electron chi connectivity index (χ3n) is 3.42. The number of aromatic nitrogens is 1. The molecule has 0 saturated carbocycles. The molecule has 0 radical (unpaired) electrons. The normalized spacial score (nSPS) is 14.9. The number of hydrogen-bond acceptors (Lipinski definition) is 3. The number of aliphatic hydroxyl groups excluding tert-OH is 1. The Labute approximate surface area is 111 Å². The van der Waals surface area contributed by atoms with Gasteiger partial charge in [0.15, 0.2) is 0 Å². The lowest BCUT2D eigenvalue weighted by Crippen LogP contribution is -2.32. The van der Waals surface area contributed by atoms with Crippen LogP contribution in [0.5, 0.6) is 0 Å². The zero-order chi connectivity index (χ0) is 13.9. The molecule has 1 rings (SSSR count). The van der Waals surface area contributed by atoms with Gasteiger partial charge >= 0.3 is 0 Å². The lowest BCUT2D eigenvalue weighted by atomic mass is 9.99. The largest absolute Gasteiger partial charge is 0.392 e. The van der Waals surface area contributed by atoms with E-state index in [-0.39, 0.29) is 18.1 Å². The summed E-state index contributed by atoms with van der Waals surface area (Å²) in [5.74, 6) is 0.281. The smallest absolute Gasteiger partial charge is 0.0687 e. The van der Waals surface area contributed by atoms with Gasteiger partial charge in [0, 0.05) is 24.0 Å². The van der Waals surface area contributed by atoms with Crippen LogP contribution < -0.4 is 5.32 Å². The second-order valence-electron chi connectivity index (χ2n) is 5.52. The second-order valence-corrected chi connectivity index (χ2v) is 5.52. The minimum Gasteiger partial charge on any atom is -0.392 e. The summed E-state index contributed by atoms with van der Waals surface area (Å²) in [6.07, 6.45) is -0.300. The third kappa shape index (κ3) is 3.79. The molecule has 1 aromatic heterocycles. The monoisotopic (exact) mass is 250 g/mol. The molecule has 0 spiro atoms. The Balaban J connectivity index is 2.76. The Kier molecular flexibility index (Phi) is 5.29. The van der Waals surface area contributed by atoms with Crippen LogP contribution in [-0.2, 0) is 0 Å². The summed E-state index contributed by atoms with van der Waals surface area (Å²) in [4.78, 5) is 4.52. The molecule has 102 valence electrons. The van der Waals surface area contributed by atoms with Crippen molar-refractivity contribution in [3.8, 4) is 0 Å². The highest BCUT2D eigenvalue weighted by Gasteiger charge is 2.15. The van der Waals surface area contributed by atoms with E-state index in [1.54, 1.807) is 0 Å². The Hall–Kier alpha value is -0.930. The van der Waals surface area contributed by atoms with Crippen molar-refractivity contribution < 1.29 is 5.11 Å². The van der Waals surface area contributed by atoms with Gasteiger partial charge in [0.25, 0.3) is 0 Å². The quantitative estimate of drug-likeness (QED) is 0.844. The molecule has 0 aliphatic rings. The molecule has 2 atom stereocenters. The standard InChI is InChI=1S/C15H26N2O/c1-9(2)14(18)8-16-12(5)15-10(3)7-11(4)17-13(15)6/h7,9,12,14,16,18H,8H2,1-6H3. The predicted molar refractivity (Wildman–Crippen MR) is 75.7 cm³/mol. The van der Waals surface area contributed by atoms with Crippen molar-refractivity contribution in [1.82, 2.24) is 10.3 Å². The maximum absolute atomic E-state index is 9.83. The van der Waals surface area contributed by atoms with Crippen LogP contribution in [0.25, 0.3) is 0 Å². The number of rotatable bonds is 5. The van der Waals surface area contributed by atoms with Crippen molar-refractivity contribution in [2.75, 3.05) is 6.54 Å². The molecule has 3 nitrogen and oxygen atoms in total. The van der Waals surface area contributed by atoms with E-state index >= 15 is 0 Å². The molecule has 0 amide bonds. The van der Waals surface area contributed by atoms with Crippen LogP contribution >= 0.6 is 0 Å². The molecule has 0 fully saturated rings. The first-order chi connectivity index (χ1) is 8.32. The van der Waals surface area contributed by atoms with E-state index in [0.717, 1.165) is 11.4 Å². The van der Waals surface area contributed by atoms with Gasteiger partial charge in [0.1, 0.15) is 0 Å². The summed E-state index contributed by atoms with van der Waals surface area (Å²) in [6, 6.07) is 2.32. The maximum Gasteiger partial charge on any atom is 0.0687 e. The lowest BCUT2D eigenvalue weighted by Gasteiger charge is -2.22. The molecule has 1 aromatic rings. The van der Waals surface area contributed by atoms with Crippen molar-refractivity contribution in [1.29, 1.82) is 0 Å². The highest BCUT2D eigenvalue weighted by Crippen LogP contribution is 2.21. The van der Waals surface area contributed by atoms with E-state index in [9.17, 15) is 5.11 Å². The van der Waals surface area contributed by atoms with E-state index in [2.05, 4.69) is 30.2 Å². The molecule has 1 heterocycles. The van der Waals surface area contributed by atoms with Gasteiger partial charge in [-0.05, 0) is 50.8 Å². The van der Waals surface area contributed by atoms with Gasteiger partial charge < -0.3 is 10.4 Å². The van der Waals surface area contributed by atoms with Crippen molar-refractivity contribution >= 4 is 0 Å². The average molecular weight is 250 g/mol. The fourth-order valence-corrected chi connectivity index (χ4v) is 2.32. The Morgan fingerprint density at radius 2 is 1.83 bits per heavy atom. The van der Waals surface area contributed by atoms with Gasteiger partial charge in [-0.15, -0.1) is 0 Å². The third-order valence-corrected chi connectivity index (χ3v) is 3.42. The molecule has 0 saturated heterocycles. The second kappa shape index (κ2) is 6.30. The molecule has 0 aliphatic heterocycles. The van der Waals surface area contributed by atoms with E-state index in [1.165, 1.54) is 11.1 Å². The van der Waals surface area contributed by atoms with Crippen LogP contribution in [-0.4, -0.2) is 22.7 Å². The minimum absolute atomic E-state index is 0.214. The molecule has 3 heteroatoms. The fraction of sp³-hybridized carbons (Fsp3) is 0.667. The molecular weight excluding hydrogens is 224 g/mol. The van der Waals surface area contributed by atoms with E-state index in [0.29, 0.717) is 6.54 Å². The summed E-state index contributed by atoms with van der Waals surface area (Å²) in [6.45, 7) is 13.0. The number of nitrogens with one attached hydrogen (secondary N) is 1. The molecule has 0 aromatic carbocycles. The van der Waals surface area contributed by atoms with Gasteiger partial charge in [-0.25, -0.2) is 0 Å². The van der Waals surface area contributed by atoms with Crippen molar-refractivity contribution in [2.45, 2.75) is 53.7 Å². The van der Waals surface area contributed by atoms with Crippen LogP contribution in [0, 0.1) is 26.7 Å². The molecule has 2 unspecified atom stereocenters. The molecular formula is C15H26N2O. The van der Waals surface area contributed by atoms with Crippen LogP contribution in [0.3, 0.4) is 0 Å². The Bertz CT molecular complexity index is 378. The summed E-state index contributed by atoms with van der Waals surface area (Å²) < 4.78 is 0. The van der Waals surface area contributed by atoms with Gasteiger partial charge in [0.05, 0.1) is 6.10 Å². The molecule has 18 heavy (non-hydrogen) atoms. The first-order valence-electron chi connectivity index (χ1n) is 6.69. The Morgan fingerprint density at radius 1 is 1.22 bits per heavy atom. The van der Waals surface area contributed by atoms with E-state index < -0.39 is 0 Å². The summed E-state index contributed by atoms with van der Waals surface area (Å²) in [5, 5.41) is 13.2. The minimum atomic E-state index is -0.300. The summed E-state index contributed by atoms with van der Waals surface area (Å²) in [5.41, 5.74) is 4.64. The molecule has 2 N–H and O–H groups in total. The van der Waals surface area contributed by atoms with Gasteiger partial charge in [-0.2, -0.15) is 0 Å². The lowest BCUT2D eigenvalue weighted by molar-refractivity contribution is 0.120. The number of pyridine rings is 1. The Morgan fingerprint density at radius 3 is 2.33 bits per heavy atom. The topological polar surface area (TPSA) is 45.1 Å². The summed E-state index contributed by atoms with van der Waals surface area (Å²) >= 11 is 0. The number of nitrogens with zero attached hydrogens (tertiary/aromatic N) is 1. The van der Waals surface area contributed by atoms with Gasteiger partial charge in [0.2, 0.25) is 0 Å². The average Bonchev–Trinajstić information content (AvgIpc) is 2.24. The zero-order valence-corrected chi connectivity index (χ0v) is 12.4. The first kappa shape index (κ1) is 15.1. The van der Waals surface area contributed by atoms with E-state index in [4.69, 9.17) is 0 Å². The number of hydrogen-bond donors (Lipinski definition) is 2. The molecule has 0 aliphatic carbocycles. The van der Waals surface area contributed by atoms with Crippen LogP contribution in [0.1, 0.15) is 49.3 Å². The number of aryl methyl sites for hydroxylation is 3. The number of aliphatic hydroxyl groups is 1. The molecule has 0 bridgehead atoms. The maximum atomic E-state index is 9.83. The van der Waals surface area contributed by atoms with Crippen LogP contribution in [0.2, 0.25) is 0 Å². The zero-order valence-electron chi connectivity index (χ0n) is 12.4. The van der Waals surface area contributed by atoms with Gasteiger partial charge in [-0.3, -0.25) is 4.98 Å². The van der Waals surface area contributed by atoms with Gasteiger partial charge in [-0.1, -0.05) is 13.8 Å². The first-order valence-corrected chi connectivity index (χ1v) is 6.69.